The number of imidazole rings is 1. The van der Waals surface area contributed by atoms with Crippen LogP contribution in [-0.4, -0.2) is 9.55 Å². The van der Waals surface area contributed by atoms with E-state index in [1.165, 1.54) is 11.3 Å². The van der Waals surface area contributed by atoms with Gasteiger partial charge in [-0.2, -0.15) is 0 Å². The van der Waals surface area contributed by atoms with Crippen LogP contribution in [0.25, 0.3) is 16.7 Å². The Balaban J connectivity index is 2.26. The first-order valence-electron chi connectivity index (χ1n) is 6.10. The maximum Gasteiger partial charge on any atom is 0.100 e. The molecule has 0 atom stereocenters. The minimum Gasteiger partial charge on any atom is -0.399 e. The Kier molecular flexibility index (Phi) is 2.52. The number of hydrogen-bond donors (Lipinski definition) is 1. The first kappa shape index (κ1) is 10.8. The van der Waals surface area contributed by atoms with E-state index in [1.54, 1.807) is 0 Å². The van der Waals surface area contributed by atoms with Gasteiger partial charge in [-0.25, -0.2) is 4.98 Å². The lowest BCUT2D eigenvalue weighted by molar-refractivity contribution is 1.03. The van der Waals surface area contributed by atoms with Gasteiger partial charge < -0.3 is 5.73 Å². The second-order valence-electron chi connectivity index (χ2n) is 4.34. The number of para-hydroxylation sites is 1. The summed E-state index contributed by atoms with van der Waals surface area (Å²) in [6.07, 6.45) is 2.86. The van der Waals surface area contributed by atoms with Crippen LogP contribution in [-0.2, 0) is 6.42 Å². The summed E-state index contributed by atoms with van der Waals surface area (Å²) in [7, 11) is 0. The first-order valence-corrected chi connectivity index (χ1v) is 6.10. The summed E-state index contributed by atoms with van der Waals surface area (Å²) in [6.45, 7) is 2.16. The van der Waals surface area contributed by atoms with Crippen LogP contribution in [0.3, 0.4) is 0 Å². The van der Waals surface area contributed by atoms with Crippen molar-refractivity contribution < 1.29 is 0 Å². The Bertz CT molecular complexity index is 698. The van der Waals surface area contributed by atoms with Gasteiger partial charge in [-0.1, -0.05) is 25.1 Å². The summed E-state index contributed by atoms with van der Waals surface area (Å²) in [5, 5.41) is 0. The van der Waals surface area contributed by atoms with Gasteiger partial charge in [0.2, 0.25) is 0 Å². The Labute approximate surface area is 106 Å². The molecule has 0 saturated heterocycles. The van der Waals surface area contributed by atoms with Gasteiger partial charge in [-0.15, -0.1) is 0 Å². The zero-order valence-electron chi connectivity index (χ0n) is 10.3. The van der Waals surface area contributed by atoms with Crippen molar-refractivity contribution in [1.29, 1.82) is 0 Å². The number of rotatable bonds is 2. The Morgan fingerprint density at radius 1 is 1.17 bits per heavy atom. The lowest BCUT2D eigenvalue weighted by atomic mass is 10.1. The van der Waals surface area contributed by atoms with Crippen LogP contribution in [0.2, 0.25) is 0 Å². The summed E-state index contributed by atoms with van der Waals surface area (Å²) in [6, 6.07) is 14.2. The molecule has 0 amide bonds. The molecule has 0 bridgehead atoms. The van der Waals surface area contributed by atoms with Crippen molar-refractivity contribution in [1.82, 2.24) is 9.55 Å². The van der Waals surface area contributed by atoms with Crippen molar-refractivity contribution in [2.24, 2.45) is 0 Å². The Hall–Kier alpha value is -2.29. The topological polar surface area (TPSA) is 43.8 Å². The van der Waals surface area contributed by atoms with Crippen LogP contribution >= 0.6 is 0 Å². The number of nitrogen functional groups attached to an aromatic ring is 1. The SMILES string of the molecule is CCc1ccccc1-n1cnc2cc(N)ccc21. The van der Waals surface area contributed by atoms with Crippen LogP contribution in [0, 0.1) is 0 Å². The average Bonchev–Trinajstić information content (AvgIpc) is 2.81. The molecular formula is C15H15N3. The van der Waals surface area contributed by atoms with Crippen LogP contribution in [0.15, 0.2) is 48.8 Å². The molecule has 3 rings (SSSR count). The van der Waals surface area contributed by atoms with E-state index in [0.717, 1.165) is 23.1 Å². The lowest BCUT2D eigenvalue weighted by Gasteiger charge is -2.09. The fourth-order valence-electron chi connectivity index (χ4n) is 2.27. The highest BCUT2D eigenvalue weighted by atomic mass is 15.0. The third-order valence-electron chi connectivity index (χ3n) is 3.20. The van der Waals surface area contributed by atoms with Crippen molar-refractivity contribution in [2.75, 3.05) is 5.73 Å². The summed E-state index contributed by atoms with van der Waals surface area (Å²) >= 11 is 0. The molecule has 2 N–H and O–H groups in total. The second kappa shape index (κ2) is 4.18. The standard InChI is InChI=1S/C15H15N3/c1-2-11-5-3-4-6-14(11)18-10-17-13-9-12(16)7-8-15(13)18/h3-10H,2,16H2,1H3. The number of benzene rings is 2. The molecule has 0 fully saturated rings. The number of anilines is 1. The minimum atomic E-state index is 0.747. The van der Waals surface area contributed by atoms with Crippen molar-refractivity contribution in [3.63, 3.8) is 0 Å². The van der Waals surface area contributed by atoms with Gasteiger partial charge in [0.15, 0.2) is 0 Å². The van der Waals surface area contributed by atoms with Crippen molar-refractivity contribution >= 4 is 16.7 Å². The van der Waals surface area contributed by atoms with Crippen LogP contribution in [0.4, 0.5) is 5.69 Å². The fraction of sp³-hybridized carbons (Fsp3) is 0.133. The summed E-state index contributed by atoms with van der Waals surface area (Å²) in [4.78, 5) is 4.41. The first-order chi connectivity index (χ1) is 8.79. The molecule has 0 aliphatic rings. The number of hydrogen-bond acceptors (Lipinski definition) is 2. The summed E-state index contributed by atoms with van der Waals surface area (Å²) in [5.41, 5.74) is 11.0. The molecule has 3 heteroatoms. The molecule has 2 aromatic carbocycles. The number of fused-ring (bicyclic) bond motifs is 1. The van der Waals surface area contributed by atoms with E-state index in [4.69, 9.17) is 5.73 Å². The molecule has 90 valence electrons. The van der Waals surface area contributed by atoms with Gasteiger partial charge in [0.1, 0.15) is 6.33 Å². The molecule has 0 saturated carbocycles. The van der Waals surface area contributed by atoms with Crippen molar-refractivity contribution in [3.8, 4) is 5.69 Å². The highest BCUT2D eigenvalue weighted by Crippen LogP contribution is 2.22. The Morgan fingerprint density at radius 2 is 2.00 bits per heavy atom. The van der Waals surface area contributed by atoms with Crippen molar-refractivity contribution in [2.45, 2.75) is 13.3 Å². The average molecular weight is 237 g/mol. The second-order valence-corrected chi connectivity index (χ2v) is 4.34. The predicted molar refractivity (Wildman–Crippen MR) is 74.9 cm³/mol. The van der Waals surface area contributed by atoms with E-state index in [-0.39, 0.29) is 0 Å². The number of aromatic nitrogens is 2. The fourth-order valence-corrected chi connectivity index (χ4v) is 2.27. The van der Waals surface area contributed by atoms with E-state index >= 15 is 0 Å². The van der Waals surface area contributed by atoms with Crippen LogP contribution in [0.1, 0.15) is 12.5 Å². The van der Waals surface area contributed by atoms with Gasteiger partial charge in [-0.05, 0) is 36.2 Å². The largest absolute Gasteiger partial charge is 0.399 e. The molecule has 0 unspecified atom stereocenters. The quantitative estimate of drug-likeness (QED) is 0.696. The van der Waals surface area contributed by atoms with Gasteiger partial charge in [0.25, 0.3) is 0 Å². The Morgan fingerprint density at radius 3 is 2.83 bits per heavy atom. The maximum absolute atomic E-state index is 5.78. The molecule has 1 aromatic heterocycles. The molecule has 0 aliphatic heterocycles. The van der Waals surface area contributed by atoms with E-state index < -0.39 is 0 Å². The third kappa shape index (κ3) is 1.64. The van der Waals surface area contributed by atoms with Crippen LogP contribution in [0.5, 0.6) is 0 Å². The molecule has 3 nitrogen and oxygen atoms in total. The molecule has 0 aliphatic carbocycles. The minimum absolute atomic E-state index is 0.747. The maximum atomic E-state index is 5.78. The zero-order chi connectivity index (χ0) is 12.5. The molecule has 18 heavy (non-hydrogen) atoms. The lowest BCUT2D eigenvalue weighted by Crippen LogP contribution is -1.97. The van der Waals surface area contributed by atoms with Crippen LogP contribution < -0.4 is 5.73 Å². The molecule has 3 aromatic rings. The van der Waals surface area contributed by atoms with E-state index in [0.29, 0.717) is 0 Å². The van der Waals surface area contributed by atoms with Crippen molar-refractivity contribution in [3.05, 3.63) is 54.4 Å². The highest BCUT2D eigenvalue weighted by Gasteiger charge is 2.07. The zero-order valence-corrected chi connectivity index (χ0v) is 10.3. The normalized spacial score (nSPS) is 10.9. The number of nitrogens with zero attached hydrogens (tertiary/aromatic N) is 2. The van der Waals surface area contributed by atoms with E-state index in [9.17, 15) is 0 Å². The summed E-state index contributed by atoms with van der Waals surface area (Å²) in [5.74, 6) is 0. The monoisotopic (exact) mass is 237 g/mol. The van der Waals surface area contributed by atoms with E-state index in [2.05, 4.69) is 40.7 Å². The van der Waals surface area contributed by atoms with Gasteiger partial charge in [-0.3, -0.25) is 4.57 Å². The predicted octanol–water partition coefficient (Wildman–Crippen LogP) is 3.17. The smallest absolute Gasteiger partial charge is 0.100 e. The summed E-state index contributed by atoms with van der Waals surface area (Å²) < 4.78 is 2.12. The van der Waals surface area contributed by atoms with E-state index in [1.807, 2.05) is 24.5 Å². The number of nitrogens with two attached hydrogens (primary N) is 1. The molecule has 1 heterocycles. The molecule has 0 radical (unpaired) electrons. The van der Waals surface area contributed by atoms with Gasteiger partial charge in [0.05, 0.1) is 16.7 Å². The van der Waals surface area contributed by atoms with Gasteiger partial charge >= 0.3 is 0 Å². The molecular weight excluding hydrogens is 222 g/mol. The van der Waals surface area contributed by atoms with Gasteiger partial charge in [0, 0.05) is 5.69 Å². The third-order valence-corrected chi connectivity index (χ3v) is 3.20. The highest BCUT2D eigenvalue weighted by molar-refractivity contribution is 5.80. The molecule has 0 spiro atoms. The number of aryl methyl sites for hydroxylation is 1.